The first kappa shape index (κ1) is 15.6. The summed E-state index contributed by atoms with van der Waals surface area (Å²) in [6.07, 6.45) is -4.43. The molecule has 112 valence electrons. The van der Waals surface area contributed by atoms with Crippen LogP contribution in [0.5, 0.6) is 0 Å². The van der Waals surface area contributed by atoms with Crippen LogP contribution in [-0.2, 0) is 9.84 Å². The van der Waals surface area contributed by atoms with E-state index >= 15 is 0 Å². The van der Waals surface area contributed by atoms with Gasteiger partial charge in [-0.1, -0.05) is 29.0 Å². The van der Waals surface area contributed by atoms with Crippen molar-refractivity contribution in [2.45, 2.75) is 22.3 Å². The van der Waals surface area contributed by atoms with Crippen molar-refractivity contribution in [1.82, 2.24) is 4.98 Å². The van der Waals surface area contributed by atoms with E-state index in [4.69, 9.17) is 0 Å². The smallest absolute Gasteiger partial charge is 0.283 e. The fourth-order valence-electron chi connectivity index (χ4n) is 1.45. The predicted molar refractivity (Wildman–Crippen MR) is 69.1 cm³/mol. The number of aryl methyl sites for hydroxylation is 1. The van der Waals surface area contributed by atoms with Gasteiger partial charge in [-0.2, -0.15) is 13.2 Å². The summed E-state index contributed by atoms with van der Waals surface area (Å²) in [4.78, 5) is 13.6. The highest BCUT2D eigenvalue weighted by atomic mass is 32.2. The second kappa shape index (κ2) is 5.23. The Morgan fingerprint density at radius 1 is 1.19 bits per heavy atom. The number of thiazole rings is 1. The highest BCUT2D eigenvalue weighted by Crippen LogP contribution is 2.29. The van der Waals surface area contributed by atoms with Crippen molar-refractivity contribution in [1.29, 1.82) is 0 Å². The number of carbonyl (C=O) groups is 1. The Kier molecular flexibility index (Phi) is 3.89. The van der Waals surface area contributed by atoms with Gasteiger partial charge >= 0.3 is 6.18 Å². The van der Waals surface area contributed by atoms with E-state index in [1.165, 1.54) is 12.1 Å². The fraction of sp³-hybridized carbons (Fsp3) is 0.167. The lowest BCUT2D eigenvalue weighted by Gasteiger charge is -2.02. The van der Waals surface area contributed by atoms with Gasteiger partial charge in [0.2, 0.25) is 14.2 Å². The number of ketones is 1. The summed E-state index contributed by atoms with van der Waals surface area (Å²) in [5.74, 6) is -2.11. The lowest BCUT2D eigenvalue weighted by Crippen LogP contribution is -2.21. The van der Waals surface area contributed by atoms with Crippen LogP contribution >= 0.6 is 11.3 Å². The first-order chi connectivity index (χ1) is 9.62. The third-order valence-electron chi connectivity index (χ3n) is 2.53. The molecule has 0 saturated carbocycles. The van der Waals surface area contributed by atoms with Gasteiger partial charge < -0.3 is 0 Å². The second-order valence-electron chi connectivity index (χ2n) is 4.13. The average molecular weight is 335 g/mol. The molecule has 0 N–H and O–H groups in total. The molecule has 21 heavy (non-hydrogen) atoms. The van der Waals surface area contributed by atoms with Gasteiger partial charge in [0.1, 0.15) is 4.88 Å². The molecule has 0 spiro atoms. The maximum Gasteiger partial charge on any atom is 0.455 e. The summed E-state index contributed by atoms with van der Waals surface area (Å²) in [5, 5.41) is 0. The van der Waals surface area contributed by atoms with Crippen LogP contribution in [0.15, 0.2) is 39.7 Å². The second-order valence-corrected chi connectivity index (χ2v) is 7.29. The molecule has 0 radical (unpaired) electrons. The Morgan fingerprint density at radius 3 is 2.29 bits per heavy atom. The average Bonchev–Trinajstić information content (AvgIpc) is 2.87. The molecule has 1 aromatic carbocycles. The summed E-state index contributed by atoms with van der Waals surface area (Å²) in [7, 11) is -4.03. The summed E-state index contributed by atoms with van der Waals surface area (Å²) in [6.45, 7) is 1.76. The van der Waals surface area contributed by atoms with E-state index in [-0.39, 0.29) is 16.2 Å². The zero-order chi connectivity index (χ0) is 15.8. The van der Waals surface area contributed by atoms with Crippen LogP contribution in [0.3, 0.4) is 0 Å². The molecule has 0 amide bonds. The fourth-order valence-corrected chi connectivity index (χ4v) is 3.94. The summed E-state index contributed by atoms with van der Waals surface area (Å²) in [5.41, 5.74) is 0.834. The Hall–Kier alpha value is -1.74. The molecular formula is C12H8F3NO3S2. The van der Waals surface area contributed by atoms with Crippen molar-refractivity contribution in [3.63, 3.8) is 0 Å². The molecule has 4 nitrogen and oxygen atoms in total. The molecule has 0 unspecified atom stereocenters. The van der Waals surface area contributed by atoms with Crippen molar-refractivity contribution >= 4 is 27.0 Å². The molecule has 9 heteroatoms. The maximum absolute atomic E-state index is 12.3. The number of halogens is 3. The topological polar surface area (TPSA) is 64.1 Å². The first-order valence-corrected chi connectivity index (χ1v) is 7.81. The third-order valence-corrected chi connectivity index (χ3v) is 5.68. The largest absolute Gasteiger partial charge is 0.455 e. The van der Waals surface area contributed by atoms with Crippen LogP contribution < -0.4 is 0 Å². The normalized spacial score (nSPS) is 12.4. The number of rotatable bonds is 3. The maximum atomic E-state index is 12.3. The predicted octanol–water partition coefficient (Wildman–Crippen LogP) is 3.03. The number of carbonyl (C=O) groups excluding carboxylic acids is 1. The minimum absolute atomic E-state index is 0.0894. The zero-order valence-electron chi connectivity index (χ0n) is 10.5. The number of nitrogens with zero attached hydrogens (tertiary/aromatic N) is 1. The Bertz CT molecular complexity index is 777. The molecule has 0 aliphatic carbocycles. The van der Waals surface area contributed by atoms with Crippen molar-refractivity contribution in [3.05, 3.63) is 40.9 Å². The molecule has 1 heterocycles. The third kappa shape index (κ3) is 3.13. The van der Waals surface area contributed by atoms with Crippen molar-refractivity contribution in [2.75, 3.05) is 0 Å². The van der Waals surface area contributed by atoms with Gasteiger partial charge in [0, 0.05) is 0 Å². The number of hydrogen-bond donors (Lipinski definition) is 0. The lowest BCUT2D eigenvalue weighted by atomic mass is 10.2. The quantitative estimate of drug-likeness (QED) is 0.809. The highest BCUT2D eigenvalue weighted by molar-refractivity contribution is 7.93. The number of aromatic nitrogens is 1. The van der Waals surface area contributed by atoms with Crippen LogP contribution in [0, 0.1) is 6.92 Å². The SMILES string of the molecule is Cc1ccc(S(=O)(=O)c2ncc(C(=O)C(F)(F)F)s2)cc1. The van der Waals surface area contributed by atoms with Crippen LogP contribution in [0.1, 0.15) is 15.2 Å². The monoisotopic (exact) mass is 335 g/mol. The van der Waals surface area contributed by atoms with E-state index in [0.717, 1.165) is 5.56 Å². The Morgan fingerprint density at radius 2 is 1.76 bits per heavy atom. The van der Waals surface area contributed by atoms with E-state index in [0.29, 0.717) is 6.20 Å². The summed E-state index contributed by atoms with van der Waals surface area (Å²) < 4.78 is 60.7. The van der Waals surface area contributed by atoms with Crippen LogP contribution in [-0.4, -0.2) is 25.4 Å². The van der Waals surface area contributed by atoms with Gasteiger partial charge in [0.05, 0.1) is 11.1 Å². The number of Topliss-reactive ketones (excluding diaryl/α,β-unsaturated/α-hetero) is 1. The van der Waals surface area contributed by atoms with Crippen LogP contribution in [0.25, 0.3) is 0 Å². The minimum atomic E-state index is -5.06. The molecule has 0 fully saturated rings. The number of sulfone groups is 1. The Labute approximate surface area is 122 Å². The van der Waals surface area contributed by atoms with Crippen molar-refractivity contribution < 1.29 is 26.4 Å². The van der Waals surface area contributed by atoms with E-state index in [1.807, 2.05) is 0 Å². The first-order valence-electron chi connectivity index (χ1n) is 5.51. The van der Waals surface area contributed by atoms with Gasteiger partial charge in [-0.15, -0.1) is 0 Å². The molecule has 2 rings (SSSR count). The molecule has 0 aliphatic heterocycles. The minimum Gasteiger partial charge on any atom is -0.283 e. The van der Waals surface area contributed by atoms with Gasteiger partial charge in [0.15, 0.2) is 0 Å². The molecule has 0 bridgehead atoms. The summed E-state index contributed by atoms with van der Waals surface area (Å²) >= 11 is 0.205. The van der Waals surface area contributed by atoms with Crippen molar-refractivity contribution in [3.8, 4) is 0 Å². The Balaban J connectivity index is 2.41. The van der Waals surface area contributed by atoms with E-state index in [1.54, 1.807) is 19.1 Å². The van der Waals surface area contributed by atoms with Gasteiger partial charge in [-0.3, -0.25) is 4.79 Å². The van der Waals surface area contributed by atoms with E-state index in [9.17, 15) is 26.4 Å². The highest BCUT2D eigenvalue weighted by Gasteiger charge is 2.41. The summed E-state index contributed by atoms with van der Waals surface area (Å²) in [6, 6.07) is 5.78. The zero-order valence-corrected chi connectivity index (χ0v) is 12.1. The van der Waals surface area contributed by atoms with Gasteiger partial charge in [0.25, 0.3) is 5.78 Å². The van der Waals surface area contributed by atoms with Gasteiger partial charge in [-0.05, 0) is 19.1 Å². The molecule has 1 aromatic heterocycles. The molecule has 2 aromatic rings. The van der Waals surface area contributed by atoms with Crippen LogP contribution in [0.4, 0.5) is 13.2 Å². The van der Waals surface area contributed by atoms with E-state index in [2.05, 4.69) is 4.98 Å². The standard InChI is InChI=1S/C12H8F3NO3S2/c1-7-2-4-8(5-3-7)21(18,19)11-16-6-9(20-11)10(17)12(13,14)15/h2-6H,1H3. The van der Waals surface area contributed by atoms with Crippen LogP contribution in [0.2, 0.25) is 0 Å². The molecule has 0 aliphatic rings. The number of alkyl halides is 3. The van der Waals surface area contributed by atoms with Crippen molar-refractivity contribution in [2.24, 2.45) is 0 Å². The number of benzene rings is 1. The van der Waals surface area contributed by atoms with Gasteiger partial charge in [-0.25, -0.2) is 13.4 Å². The molecule has 0 atom stereocenters. The molecule has 0 saturated heterocycles. The molecular weight excluding hydrogens is 327 g/mol. The number of hydrogen-bond acceptors (Lipinski definition) is 5. The van der Waals surface area contributed by atoms with E-state index < -0.39 is 31.0 Å². The lowest BCUT2D eigenvalue weighted by molar-refractivity contribution is -0.0882.